The Kier molecular flexibility index (Phi) is 72.5. The summed E-state index contributed by atoms with van der Waals surface area (Å²) in [6.07, 6.45) is 18.7. The van der Waals surface area contributed by atoms with Gasteiger partial charge in [0.25, 0.3) is 0 Å². The number of carbonyl (C=O) groups excluding carboxylic acids is 4. The summed E-state index contributed by atoms with van der Waals surface area (Å²) in [7, 11) is 29.2. The van der Waals surface area contributed by atoms with Crippen LogP contribution in [-0.2, 0) is 25.4 Å². The molecular formula is C72H156N16O8. The number of likely N-dealkylation sites (N-methyl/N-ethyl adjacent to an activating group) is 1. The summed E-state index contributed by atoms with van der Waals surface area (Å²) in [6, 6.07) is 6.79. The van der Waals surface area contributed by atoms with Crippen molar-refractivity contribution in [2.45, 2.75) is 229 Å². The Morgan fingerprint density at radius 1 is 0.469 bits per heavy atom. The van der Waals surface area contributed by atoms with Gasteiger partial charge in [0.15, 0.2) is 0 Å². The van der Waals surface area contributed by atoms with E-state index in [2.05, 4.69) is 118 Å². The fourth-order valence-electron chi connectivity index (χ4n) is 8.53. The van der Waals surface area contributed by atoms with Crippen LogP contribution in [0.15, 0.2) is 24.4 Å². The molecule has 1 aromatic heterocycles. The number of ether oxygens (including phenoxy) is 4. The number of unbranched alkanes of at least 4 members (excludes halogenated alkanes) is 4. The topological polar surface area (TPSA) is 309 Å². The molecule has 96 heavy (non-hydrogen) atoms. The molecule has 1 atom stereocenters. The SMILES string of the molecule is [CH2-][NH2+]CCCCCCNC(=O)OC(C)(C)C.[CH2-][NH2+]CCCCNC(=O)OC(C)(C)C.[CH2-][NH2+]CCCN1CCCCC1C.[CH2-][NH2+]CCCNC(=O)OC(C)(C)C.[CH2-][NH2+]CCN(CC)CC.[CH2-][NH2+]CCN1CCCCC1.[CH2-][NH2+]CCNC(=O)OC(C)(C)C.[CH2-][NH2+]CCc1ccccn1. The molecule has 3 heterocycles. The van der Waals surface area contributed by atoms with Gasteiger partial charge in [-0.1, -0.05) is 39.2 Å². The lowest BCUT2D eigenvalue weighted by Crippen LogP contribution is -2.78. The van der Waals surface area contributed by atoms with Crippen molar-refractivity contribution in [3.8, 4) is 0 Å². The molecule has 2 saturated heterocycles. The van der Waals surface area contributed by atoms with Crippen LogP contribution in [0.5, 0.6) is 0 Å². The van der Waals surface area contributed by atoms with E-state index in [1.807, 2.05) is 145 Å². The smallest absolute Gasteiger partial charge is 0.407 e. The number of nitrogens with two attached hydrogens (primary N) is 8. The maximum absolute atomic E-state index is 11.2. The number of amides is 4. The fraction of sp³-hybridized carbons (Fsp3) is 0.764. The molecule has 0 spiro atoms. The number of quaternary nitrogens is 8. The number of aromatic nitrogens is 1. The zero-order valence-electron chi connectivity index (χ0n) is 64.5. The van der Waals surface area contributed by atoms with Gasteiger partial charge in [0.2, 0.25) is 0 Å². The van der Waals surface area contributed by atoms with Gasteiger partial charge in [-0.25, -0.2) is 19.2 Å². The fourth-order valence-corrected chi connectivity index (χ4v) is 8.53. The second-order valence-corrected chi connectivity index (χ2v) is 27.5. The molecule has 2 fully saturated rings. The third-order valence-electron chi connectivity index (χ3n) is 13.5. The minimum absolute atomic E-state index is 0.321. The first-order chi connectivity index (χ1) is 45.4. The van der Waals surface area contributed by atoms with Gasteiger partial charge in [0.1, 0.15) is 22.4 Å². The molecule has 0 saturated carbocycles. The number of hydrogen-bond donors (Lipinski definition) is 12. The van der Waals surface area contributed by atoms with Crippen molar-refractivity contribution in [3.05, 3.63) is 86.5 Å². The molecule has 1 unspecified atom stereocenters. The third kappa shape index (κ3) is 85.9. The lowest BCUT2D eigenvalue weighted by Gasteiger charge is -2.33. The number of carbonyl (C=O) groups is 4. The van der Waals surface area contributed by atoms with Crippen LogP contribution < -0.4 is 63.8 Å². The summed E-state index contributed by atoms with van der Waals surface area (Å²) in [5, 5.41) is 26.0. The number of rotatable bonds is 34. The molecule has 2 aliphatic rings. The zero-order chi connectivity index (χ0) is 73.8. The van der Waals surface area contributed by atoms with Gasteiger partial charge in [0.05, 0.1) is 58.9 Å². The maximum Gasteiger partial charge on any atom is 0.407 e. The minimum atomic E-state index is -0.418. The number of likely N-dealkylation sites (tertiary alicyclic amines) is 2. The average molecular weight is 1370 g/mol. The lowest BCUT2D eigenvalue weighted by atomic mass is 10.0. The summed E-state index contributed by atoms with van der Waals surface area (Å²) >= 11 is 0. The summed E-state index contributed by atoms with van der Waals surface area (Å²) < 4.78 is 20.2. The summed E-state index contributed by atoms with van der Waals surface area (Å²) in [6.45, 7) is 49.6. The van der Waals surface area contributed by atoms with E-state index >= 15 is 0 Å². The van der Waals surface area contributed by atoms with Crippen molar-refractivity contribution in [2.75, 3.05) is 131 Å². The Hall–Kier alpha value is -4.21. The van der Waals surface area contributed by atoms with Crippen molar-refractivity contribution in [1.29, 1.82) is 0 Å². The second kappa shape index (κ2) is 69.3. The minimum Gasteiger partial charge on any atom is -0.479 e. The Morgan fingerprint density at radius 3 is 1.28 bits per heavy atom. The molecule has 0 radical (unpaired) electrons. The molecule has 20 N–H and O–H groups in total. The highest BCUT2D eigenvalue weighted by molar-refractivity contribution is 5.68. The highest BCUT2D eigenvalue weighted by Gasteiger charge is 2.19. The number of nitrogens with one attached hydrogen (secondary N) is 4. The maximum atomic E-state index is 11.2. The van der Waals surface area contributed by atoms with Gasteiger partial charge in [-0.2, -0.15) is 56.4 Å². The van der Waals surface area contributed by atoms with E-state index < -0.39 is 22.4 Å². The van der Waals surface area contributed by atoms with E-state index in [0.29, 0.717) is 26.2 Å². The van der Waals surface area contributed by atoms with E-state index in [4.69, 9.17) is 18.9 Å². The van der Waals surface area contributed by atoms with Crippen LogP contribution in [0.3, 0.4) is 0 Å². The quantitative estimate of drug-likeness (QED) is 0.0269. The number of alkyl carbamates (subject to hydrolysis) is 4. The van der Waals surface area contributed by atoms with Crippen molar-refractivity contribution >= 4 is 24.4 Å². The molecule has 24 nitrogen and oxygen atoms in total. The number of nitrogens with zero attached hydrogens (tertiary/aromatic N) is 4. The van der Waals surface area contributed by atoms with Crippen molar-refractivity contribution in [1.82, 2.24) is 41.0 Å². The Bertz CT molecular complexity index is 1830. The monoisotopic (exact) mass is 1370 g/mol. The number of pyridine rings is 1. The van der Waals surface area contributed by atoms with Gasteiger partial charge < -0.3 is 87.6 Å². The van der Waals surface area contributed by atoms with E-state index in [9.17, 15) is 19.2 Å². The van der Waals surface area contributed by atoms with Gasteiger partial charge in [-0.3, -0.25) is 14.8 Å². The summed E-state index contributed by atoms with van der Waals surface area (Å²) in [5.41, 5.74) is -0.512. The lowest BCUT2D eigenvalue weighted by molar-refractivity contribution is -0.596. The normalized spacial score (nSPS) is 13.9. The Morgan fingerprint density at radius 2 is 0.865 bits per heavy atom. The van der Waals surface area contributed by atoms with Crippen molar-refractivity contribution < 1.29 is 80.7 Å². The second-order valence-electron chi connectivity index (χ2n) is 27.5. The molecule has 0 aromatic carbocycles. The van der Waals surface area contributed by atoms with Crippen molar-refractivity contribution in [2.24, 2.45) is 0 Å². The predicted octanol–water partition coefficient (Wildman–Crippen LogP) is 2.29. The molecule has 3 rings (SSSR count). The average Bonchev–Trinajstić information content (AvgIpc) is 2.32. The van der Waals surface area contributed by atoms with Gasteiger partial charge in [0, 0.05) is 76.5 Å². The van der Waals surface area contributed by atoms with E-state index in [0.717, 1.165) is 116 Å². The van der Waals surface area contributed by atoms with Crippen molar-refractivity contribution in [3.63, 3.8) is 0 Å². The molecular weight excluding hydrogens is 1220 g/mol. The van der Waals surface area contributed by atoms with Crippen LogP contribution in [0, 0.1) is 56.4 Å². The highest BCUT2D eigenvalue weighted by atomic mass is 16.6. The van der Waals surface area contributed by atoms with Crippen LogP contribution in [0.25, 0.3) is 0 Å². The standard InChI is InChI=1S/C12H26N2O2.C10H22N2O2.C10H22N2.C9H20N2O2.C8H18N2O2.C8H12N2.C8H18N2.C7H18N2/c1-12(2,3)16-11(15)14-10-8-6-5-7-9-13-4;1-10(2,3)14-9(13)12-8-6-5-7-11-4;1-10-6-3-4-8-12(10)9-5-7-11-2;1-9(2,3)13-8(12)11-7-5-6-10-4;1-8(2,3)12-7(11)10-6-5-9-4;1-9-7-5-8-4-2-3-6-10-8;1-9-5-8-10-6-3-2-4-7-10;1-4-9(5-2)7-6-8-3/h4-10,13H2,1-3H3,(H,14,15);4-8,11H2,1-3H3,(H,12,13);10H,2-9,11H2,1H3;4-7,10H2,1-3H3,(H,11,12);4-6,9H2,1-3H3,(H,10,11);2-4,6H,1,5,7,9H2;1-9H2;3-8H2,1-2H3. The Balaban J connectivity index is -0.000000330. The first kappa shape index (κ1) is 100. The molecule has 2 aliphatic heterocycles. The molecule has 24 heteroatoms. The summed E-state index contributed by atoms with van der Waals surface area (Å²) in [4.78, 5) is 56.1. The van der Waals surface area contributed by atoms with Crippen LogP contribution in [0.4, 0.5) is 19.2 Å². The molecule has 1 aromatic rings. The van der Waals surface area contributed by atoms with E-state index in [1.54, 1.807) is 5.32 Å². The first-order valence-electron chi connectivity index (χ1n) is 36.2. The van der Waals surface area contributed by atoms with Crippen LogP contribution in [0.1, 0.15) is 199 Å². The Labute approximate surface area is 589 Å². The van der Waals surface area contributed by atoms with Crippen LogP contribution in [-0.4, -0.2) is 203 Å². The largest absolute Gasteiger partial charge is 0.479 e. The first-order valence-corrected chi connectivity index (χ1v) is 36.2. The molecule has 0 bridgehead atoms. The molecule has 4 amide bonds. The van der Waals surface area contributed by atoms with Gasteiger partial charge in [-0.05, 0) is 193 Å². The van der Waals surface area contributed by atoms with E-state index in [-0.39, 0.29) is 24.4 Å². The summed E-state index contributed by atoms with van der Waals surface area (Å²) in [5.74, 6) is 0. The highest BCUT2D eigenvalue weighted by Crippen LogP contribution is 2.16. The van der Waals surface area contributed by atoms with E-state index in [1.165, 1.54) is 97.1 Å². The molecule has 572 valence electrons. The zero-order valence-corrected chi connectivity index (χ0v) is 64.5. The van der Waals surface area contributed by atoms with Crippen LogP contribution in [0.2, 0.25) is 0 Å². The van der Waals surface area contributed by atoms with Gasteiger partial charge in [-0.15, -0.1) is 0 Å². The number of hydrogen-bond acceptors (Lipinski definition) is 12. The number of piperidine rings is 2. The third-order valence-corrected chi connectivity index (χ3v) is 13.5. The molecule has 0 aliphatic carbocycles. The van der Waals surface area contributed by atoms with Gasteiger partial charge >= 0.3 is 24.4 Å². The van der Waals surface area contributed by atoms with Crippen LogP contribution >= 0.6 is 0 Å². The predicted molar refractivity (Wildman–Crippen MR) is 392 cm³/mol.